The van der Waals surface area contributed by atoms with Gasteiger partial charge in [0.15, 0.2) is 0 Å². The number of likely N-dealkylation sites (tertiary alicyclic amines) is 1. The van der Waals surface area contributed by atoms with Gasteiger partial charge in [-0.25, -0.2) is 0 Å². The van der Waals surface area contributed by atoms with Crippen LogP contribution in [0.1, 0.15) is 36.8 Å². The van der Waals surface area contributed by atoms with E-state index in [-0.39, 0.29) is 56.4 Å². The molecule has 3 atom stereocenters. The second-order valence-electron chi connectivity index (χ2n) is 10.6. The number of rotatable bonds is 14. The van der Waals surface area contributed by atoms with Crippen LogP contribution in [0.5, 0.6) is 11.5 Å². The number of phenolic OH excluding ortho intramolecular Hbond substituents is 2. The van der Waals surface area contributed by atoms with Crippen molar-refractivity contribution in [3.63, 3.8) is 0 Å². The van der Waals surface area contributed by atoms with E-state index in [0.717, 1.165) is 11.1 Å². The van der Waals surface area contributed by atoms with Crippen LogP contribution < -0.4 is 33.2 Å². The van der Waals surface area contributed by atoms with E-state index in [1.54, 1.807) is 37.3 Å². The summed E-state index contributed by atoms with van der Waals surface area (Å²) in [6, 6.07) is 7.14. The molecule has 0 aliphatic carbocycles. The van der Waals surface area contributed by atoms with Gasteiger partial charge in [0.2, 0.25) is 23.6 Å². The first-order chi connectivity index (χ1) is 20.6. The first kappa shape index (κ1) is 33.3. The summed E-state index contributed by atoms with van der Waals surface area (Å²) in [6.07, 6.45) is 1.62. The molecule has 0 saturated carbocycles. The van der Waals surface area contributed by atoms with Gasteiger partial charge in [-0.15, -0.1) is 0 Å². The van der Waals surface area contributed by atoms with Crippen LogP contribution >= 0.6 is 0 Å². The van der Waals surface area contributed by atoms with Crippen LogP contribution in [0, 0.1) is 6.92 Å². The van der Waals surface area contributed by atoms with Crippen LogP contribution in [0.4, 0.5) is 0 Å². The van der Waals surface area contributed by atoms with E-state index in [4.69, 9.17) is 17.2 Å². The number of phenols is 2. The summed E-state index contributed by atoms with van der Waals surface area (Å²) < 4.78 is 0. The molecule has 4 amide bonds. The molecular formula is C30H43N7O6. The minimum atomic E-state index is -1.17. The Bertz CT molecular complexity index is 1300. The highest BCUT2D eigenvalue weighted by Crippen LogP contribution is 2.30. The SMILES string of the molecule is Cc1cc(-c2ccc(O)c(C[C@H](NC(=O)[C@H](CCCN)NC(=O)CN)C(=O)N3CCC[C@H]3C(=O)NCCN)c2)ccc1O. The van der Waals surface area contributed by atoms with Gasteiger partial charge in [-0.2, -0.15) is 0 Å². The number of nitrogens with zero attached hydrogens (tertiary/aromatic N) is 1. The number of benzene rings is 2. The van der Waals surface area contributed by atoms with Crippen molar-refractivity contribution in [1.29, 1.82) is 0 Å². The molecule has 234 valence electrons. The molecule has 2 aromatic rings. The van der Waals surface area contributed by atoms with Crippen molar-refractivity contribution >= 4 is 23.6 Å². The van der Waals surface area contributed by atoms with Crippen LogP contribution in [0.2, 0.25) is 0 Å². The largest absolute Gasteiger partial charge is 0.508 e. The third kappa shape index (κ3) is 8.89. The minimum Gasteiger partial charge on any atom is -0.508 e. The predicted octanol–water partition coefficient (Wildman–Crippen LogP) is -0.651. The van der Waals surface area contributed by atoms with E-state index in [0.29, 0.717) is 36.9 Å². The Labute approximate surface area is 251 Å². The summed E-state index contributed by atoms with van der Waals surface area (Å²) in [7, 11) is 0. The zero-order chi connectivity index (χ0) is 31.5. The first-order valence-electron chi connectivity index (χ1n) is 14.5. The van der Waals surface area contributed by atoms with Gasteiger partial charge < -0.3 is 48.3 Å². The van der Waals surface area contributed by atoms with Gasteiger partial charge in [-0.3, -0.25) is 19.2 Å². The molecule has 13 nitrogen and oxygen atoms in total. The highest BCUT2D eigenvalue weighted by molar-refractivity contribution is 5.95. The number of carbonyl (C=O) groups excluding carboxylic acids is 4. The Morgan fingerprint density at radius 1 is 0.953 bits per heavy atom. The number of nitrogens with two attached hydrogens (primary N) is 3. The molecule has 1 aliphatic heterocycles. The molecule has 11 N–H and O–H groups in total. The maximum atomic E-state index is 14.0. The molecule has 1 aliphatic rings. The van der Waals surface area contributed by atoms with Gasteiger partial charge in [0.05, 0.1) is 6.54 Å². The lowest BCUT2D eigenvalue weighted by molar-refractivity contribution is -0.141. The Morgan fingerprint density at radius 2 is 1.65 bits per heavy atom. The van der Waals surface area contributed by atoms with E-state index in [1.807, 2.05) is 0 Å². The Hall–Kier alpha value is -4.20. The van der Waals surface area contributed by atoms with Crippen molar-refractivity contribution in [1.82, 2.24) is 20.9 Å². The number of aryl methyl sites for hydroxylation is 1. The smallest absolute Gasteiger partial charge is 0.246 e. The van der Waals surface area contributed by atoms with Gasteiger partial charge in [-0.1, -0.05) is 12.1 Å². The third-order valence-corrected chi connectivity index (χ3v) is 7.46. The molecule has 13 heteroatoms. The predicted molar refractivity (Wildman–Crippen MR) is 162 cm³/mol. The van der Waals surface area contributed by atoms with Crippen molar-refractivity contribution in [3.8, 4) is 22.6 Å². The molecule has 0 bridgehead atoms. The second kappa shape index (κ2) is 15.9. The topological polar surface area (TPSA) is 226 Å². The molecule has 0 spiro atoms. The van der Waals surface area contributed by atoms with Crippen LogP contribution in [-0.2, 0) is 25.6 Å². The van der Waals surface area contributed by atoms with Gasteiger partial charge in [0.25, 0.3) is 0 Å². The number of aromatic hydroxyl groups is 2. The summed E-state index contributed by atoms with van der Waals surface area (Å²) in [5.41, 5.74) is 19.2. The molecule has 0 aromatic heterocycles. The summed E-state index contributed by atoms with van der Waals surface area (Å²) in [5.74, 6) is -1.90. The van der Waals surface area contributed by atoms with Crippen LogP contribution in [0.25, 0.3) is 11.1 Å². The average molecular weight is 598 g/mol. The summed E-state index contributed by atoms with van der Waals surface area (Å²) in [6.45, 7) is 2.56. The average Bonchev–Trinajstić information content (AvgIpc) is 3.49. The fraction of sp³-hybridized carbons (Fsp3) is 0.467. The number of hydrogen-bond acceptors (Lipinski definition) is 9. The molecular weight excluding hydrogens is 554 g/mol. The van der Waals surface area contributed by atoms with E-state index >= 15 is 0 Å². The summed E-state index contributed by atoms with van der Waals surface area (Å²) >= 11 is 0. The lowest BCUT2D eigenvalue weighted by atomic mass is 9.96. The number of amides is 4. The highest BCUT2D eigenvalue weighted by Gasteiger charge is 2.38. The number of carbonyl (C=O) groups is 4. The molecule has 1 fully saturated rings. The van der Waals surface area contributed by atoms with Crippen molar-refractivity contribution in [3.05, 3.63) is 47.5 Å². The molecule has 0 unspecified atom stereocenters. The van der Waals surface area contributed by atoms with E-state index < -0.39 is 35.8 Å². The third-order valence-electron chi connectivity index (χ3n) is 7.46. The molecule has 2 aromatic carbocycles. The molecule has 3 rings (SSSR count). The van der Waals surface area contributed by atoms with E-state index in [1.165, 1.54) is 11.0 Å². The zero-order valence-electron chi connectivity index (χ0n) is 24.5. The van der Waals surface area contributed by atoms with Crippen molar-refractivity contribution in [2.24, 2.45) is 17.2 Å². The van der Waals surface area contributed by atoms with Gasteiger partial charge in [-0.05, 0) is 85.7 Å². The first-order valence-corrected chi connectivity index (χ1v) is 14.5. The highest BCUT2D eigenvalue weighted by atomic mass is 16.3. The fourth-order valence-electron chi connectivity index (χ4n) is 5.12. The lowest BCUT2D eigenvalue weighted by Gasteiger charge is -2.30. The van der Waals surface area contributed by atoms with Gasteiger partial charge >= 0.3 is 0 Å². The summed E-state index contributed by atoms with van der Waals surface area (Å²) in [5, 5.41) is 28.8. The second-order valence-corrected chi connectivity index (χ2v) is 10.6. The Kier molecular flexibility index (Phi) is 12.3. The van der Waals surface area contributed by atoms with Crippen molar-refractivity contribution in [2.75, 3.05) is 32.7 Å². The van der Waals surface area contributed by atoms with Crippen molar-refractivity contribution in [2.45, 2.75) is 57.2 Å². The van der Waals surface area contributed by atoms with Gasteiger partial charge in [0, 0.05) is 26.1 Å². The maximum Gasteiger partial charge on any atom is 0.246 e. The molecule has 1 heterocycles. The Balaban J connectivity index is 1.95. The number of nitrogens with one attached hydrogen (secondary N) is 3. The Morgan fingerprint density at radius 3 is 2.30 bits per heavy atom. The van der Waals surface area contributed by atoms with Crippen LogP contribution in [-0.4, -0.2) is 89.6 Å². The molecule has 43 heavy (non-hydrogen) atoms. The fourth-order valence-corrected chi connectivity index (χ4v) is 5.12. The van der Waals surface area contributed by atoms with E-state index in [9.17, 15) is 29.4 Å². The maximum absolute atomic E-state index is 14.0. The summed E-state index contributed by atoms with van der Waals surface area (Å²) in [4.78, 5) is 53.8. The van der Waals surface area contributed by atoms with Crippen LogP contribution in [0.15, 0.2) is 36.4 Å². The molecule has 1 saturated heterocycles. The number of hydrogen-bond donors (Lipinski definition) is 8. The van der Waals surface area contributed by atoms with Crippen molar-refractivity contribution < 1.29 is 29.4 Å². The monoisotopic (exact) mass is 597 g/mol. The van der Waals surface area contributed by atoms with Gasteiger partial charge in [0.1, 0.15) is 29.6 Å². The quantitative estimate of drug-likeness (QED) is 0.138. The standard InChI is InChI=1S/C30H43N7O6/c1-18-14-19(6-8-25(18)38)20-7-9-26(39)21(15-20)16-23(36-28(41)22(4-2-10-31)35-27(40)17-33)30(43)37-13-3-5-24(37)29(42)34-12-11-32/h6-9,14-15,22-24,38-39H,2-5,10-13,16-17,31-33H2,1H3,(H,34,42)(H,35,40)(H,36,41)/t22-,23-,24-/m0/s1. The lowest BCUT2D eigenvalue weighted by Crippen LogP contribution is -2.57. The normalized spacial score (nSPS) is 15.9. The minimum absolute atomic E-state index is 0.0823. The molecule has 0 radical (unpaired) electrons. The zero-order valence-corrected chi connectivity index (χ0v) is 24.5. The van der Waals surface area contributed by atoms with E-state index in [2.05, 4.69) is 16.0 Å². The van der Waals surface area contributed by atoms with Crippen LogP contribution in [0.3, 0.4) is 0 Å².